The normalized spacial score (nSPS) is 12.4. The summed E-state index contributed by atoms with van der Waals surface area (Å²) in [6.45, 7) is 4.25. The van der Waals surface area contributed by atoms with E-state index in [-0.39, 0.29) is 6.10 Å². The Labute approximate surface area is 160 Å². The summed E-state index contributed by atoms with van der Waals surface area (Å²) in [6, 6.07) is 0. The lowest BCUT2D eigenvalue weighted by Gasteiger charge is -2.14. The number of esters is 1. The summed E-state index contributed by atoms with van der Waals surface area (Å²) < 4.78 is 5.27. The fourth-order valence-electron chi connectivity index (χ4n) is 3.08. The van der Waals surface area contributed by atoms with Gasteiger partial charge in [0.25, 0.3) is 0 Å². The smallest absolute Gasteiger partial charge is 0.331 e. The molecule has 0 bridgehead atoms. The molecule has 0 aromatic rings. The summed E-state index contributed by atoms with van der Waals surface area (Å²) in [5.74, 6) is -1.69. The first-order valence-corrected chi connectivity index (χ1v) is 10.7. The molecule has 0 aliphatic carbocycles. The molecule has 4 heteroatoms. The number of hydrogen-bond donors (Lipinski definition) is 1. The molecule has 0 fully saturated rings. The third-order valence-electron chi connectivity index (χ3n) is 4.73. The van der Waals surface area contributed by atoms with Crippen LogP contribution in [0.4, 0.5) is 0 Å². The third-order valence-corrected chi connectivity index (χ3v) is 4.73. The summed E-state index contributed by atoms with van der Waals surface area (Å²) >= 11 is 0. The minimum absolute atomic E-state index is 0.103. The number of aliphatic carboxylic acids is 1. The maximum Gasteiger partial charge on any atom is 0.331 e. The first kappa shape index (κ1) is 24.7. The van der Waals surface area contributed by atoms with Crippen LogP contribution in [0.15, 0.2) is 12.2 Å². The molecule has 1 atom stereocenters. The lowest BCUT2D eigenvalue weighted by molar-refractivity contribution is -0.144. The topological polar surface area (TPSA) is 63.6 Å². The summed E-state index contributed by atoms with van der Waals surface area (Å²) in [6.07, 6.45) is 20.5. The van der Waals surface area contributed by atoms with Gasteiger partial charge in [-0.1, -0.05) is 90.9 Å². The molecule has 0 heterocycles. The van der Waals surface area contributed by atoms with Crippen LogP contribution < -0.4 is 0 Å². The van der Waals surface area contributed by atoms with E-state index in [1.807, 2.05) is 6.92 Å². The Morgan fingerprint density at radius 2 is 1.23 bits per heavy atom. The molecule has 4 nitrogen and oxygen atoms in total. The summed E-state index contributed by atoms with van der Waals surface area (Å²) in [5, 5.41) is 8.49. The molecule has 0 saturated carbocycles. The van der Waals surface area contributed by atoms with Crippen molar-refractivity contribution in [3.63, 3.8) is 0 Å². The third kappa shape index (κ3) is 17.5. The van der Waals surface area contributed by atoms with E-state index in [0.29, 0.717) is 0 Å². The van der Waals surface area contributed by atoms with E-state index in [9.17, 15) is 9.59 Å². The van der Waals surface area contributed by atoms with Crippen LogP contribution in [-0.2, 0) is 14.3 Å². The molecule has 26 heavy (non-hydrogen) atoms. The predicted molar refractivity (Wildman–Crippen MR) is 107 cm³/mol. The largest absolute Gasteiger partial charge is 0.478 e. The Bertz CT molecular complexity index is 376. The summed E-state index contributed by atoms with van der Waals surface area (Å²) in [5.41, 5.74) is 0. The van der Waals surface area contributed by atoms with Crippen LogP contribution in [-0.4, -0.2) is 23.1 Å². The fourth-order valence-corrected chi connectivity index (χ4v) is 3.08. The first-order valence-electron chi connectivity index (χ1n) is 10.7. The van der Waals surface area contributed by atoms with Crippen molar-refractivity contribution in [2.24, 2.45) is 0 Å². The van der Waals surface area contributed by atoms with Crippen molar-refractivity contribution < 1.29 is 19.4 Å². The Morgan fingerprint density at radius 3 is 1.65 bits per heavy atom. The second-order valence-corrected chi connectivity index (χ2v) is 7.17. The molecule has 0 amide bonds. The molecule has 0 aliphatic heterocycles. The number of carbonyl (C=O) groups excluding carboxylic acids is 1. The second-order valence-electron chi connectivity index (χ2n) is 7.17. The summed E-state index contributed by atoms with van der Waals surface area (Å²) in [7, 11) is 0. The number of carboxylic acids is 1. The second kappa shape index (κ2) is 18.5. The van der Waals surface area contributed by atoms with Crippen LogP contribution in [0.1, 0.15) is 110 Å². The highest BCUT2D eigenvalue weighted by Gasteiger charge is 2.10. The minimum Gasteiger partial charge on any atom is -0.478 e. The van der Waals surface area contributed by atoms with Gasteiger partial charge in [0.05, 0.1) is 0 Å². The maximum absolute atomic E-state index is 11.5. The Kier molecular flexibility index (Phi) is 17.5. The molecule has 1 N–H and O–H groups in total. The van der Waals surface area contributed by atoms with Crippen LogP contribution in [0.3, 0.4) is 0 Å². The molecule has 152 valence electrons. The number of rotatable bonds is 18. The zero-order chi connectivity index (χ0) is 19.5. The highest BCUT2D eigenvalue weighted by Crippen LogP contribution is 2.15. The SMILES string of the molecule is CCCCCCCCCCCCCCCC(CC)OC(=O)/C=C\C(=O)O. The fraction of sp³-hybridized carbons (Fsp3) is 0.818. The van der Waals surface area contributed by atoms with Gasteiger partial charge in [0.2, 0.25) is 0 Å². The molecule has 0 saturated heterocycles. The van der Waals surface area contributed by atoms with Gasteiger partial charge < -0.3 is 9.84 Å². The zero-order valence-electron chi connectivity index (χ0n) is 17.0. The van der Waals surface area contributed by atoms with Gasteiger partial charge in [-0.3, -0.25) is 0 Å². The lowest BCUT2D eigenvalue weighted by Crippen LogP contribution is -2.16. The van der Waals surface area contributed by atoms with Crippen molar-refractivity contribution in [1.29, 1.82) is 0 Å². The molecule has 0 radical (unpaired) electrons. The van der Waals surface area contributed by atoms with Crippen molar-refractivity contribution in [3.8, 4) is 0 Å². The standard InChI is InChI=1S/C22H40O4/c1-3-5-6-7-8-9-10-11-12-13-14-15-16-17-20(4-2)26-22(25)19-18-21(23)24/h18-20H,3-17H2,1-2H3,(H,23,24)/b19-18-. The number of carbonyl (C=O) groups is 2. The van der Waals surface area contributed by atoms with Crippen molar-refractivity contribution in [1.82, 2.24) is 0 Å². The van der Waals surface area contributed by atoms with E-state index in [4.69, 9.17) is 9.84 Å². The van der Waals surface area contributed by atoms with Crippen LogP contribution in [0.2, 0.25) is 0 Å². The highest BCUT2D eigenvalue weighted by molar-refractivity contribution is 5.90. The van der Waals surface area contributed by atoms with Gasteiger partial charge in [-0.15, -0.1) is 0 Å². The molecule has 0 aromatic carbocycles. The molecule has 0 aliphatic rings. The van der Waals surface area contributed by atoms with Crippen LogP contribution in [0.5, 0.6) is 0 Å². The zero-order valence-corrected chi connectivity index (χ0v) is 17.0. The van der Waals surface area contributed by atoms with Crippen LogP contribution in [0.25, 0.3) is 0 Å². The van der Waals surface area contributed by atoms with Gasteiger partial charge in [-0.2, -0.15) is 0 Å². The van der Waals surface area contributed by atoms with E-state index >= 15 is 0 Å². The maximum atomic E-state index is 11.5. The van der Waals surface area contributed by atoms with Gasteiger partial charge >= 0.3 is 11.9 Å². The van der Waals surface area contributed by atoms with Gasteiger partial charge in [0, 0.05) is 12.2 Å². The van der Waals surface area contributed by atoms with Crippen molar-refractivity contribution >= 4 is 11.9 Å². The van der Waals surface area contributed by atoms with Gasteiger partial charge in [-0.05, 0) is 19.3 Å². The average Bonchev–Trinajstić information content (AvgIpc) is 2.62. The van der Waals surface area contributed by atoms with Crippen molar-refractivity contribution in [2.45, 2.75) is 116 Å². The lowest BCUT2D eigenvalue weighted by atomic mass is 10.0. The number of carboxylic acid groups (broad SMARTS) is 1. The molecule has 0 spiro atoms. The Balaban J connectivity index is 3.46. The molecular formula is C22H40O4. The van der Waals surface area contributed by atoms with E-state index in [0.717, 1.165) is 31.4 Å². The van der Waals surface area contributed by atoms with Crippen LogP contribution >= 0.6 is 0 Å². The molecule has 0 rings (SSSR count). The number of unbranched alkanes of at least 4 members (excludes halogenated alkanes) is 12. The minimum atomic E-state index is -1.13. The summed E-state index contributed by atoms with van der Waals surface area (Å²) in [4.78, 5) is 21.9. The Hall–Kier alpha value is -1.32. The monoisotopic (exact) mass is 368 g/mol. The molecule has 0 aromatic heterocycles. The highest BCUT2D eigenvalue weighted by atomic mass is 16.5. The van der Waals surface area contributed by atoms with E-state index in [2.05, 4.69) is 6.92 Å². The van der Waals surface area contributed by atoms with Crippen LogP contribution in [0, 0.1) is 0 Å². The molecular weight excluding hydrogens is 328 g/mol. The van der Waals surface area contributed by atoms with Gasteiger partial charge in [0.1, 0.15) is 6.10 Å². The first-order chi connectivity index (χ1) is 12.6. The van der Waals surface area contributed by atoms with Crippen molar-refractivity contribution in [2.75, 3.05) is 0 Å². The Morgan fingerprint density at radius 1 is 0.769 bits per heavy atom. The van der Waals surface area contributed by atoms with Crippen molar-refractivity contribution in [3.05, 3.63) is 12.2 Å². The van der Waals surface area contributed by atoms with Gasteiger partial charge in [0.15, 0.2) is 0 Å². The quantitative estimate of drug-likeness (QED) is 0.172. The van der Waals surface area contributed by atoms with E-state index in [1.165, 1.54) is 77.0 Å². The number of hydrogen-bond acceptors (Lipinski definition) is 3. The predicted octanol–water partition coefficient (Wildman–Crippen LogP) is 6.43. The van der Waals surface area contributed by atoms with E-state index in [1.54, 1.807) is 0 Å². The number of ether oxygens (including phenoxy) is 1. The van der Waals surface area contributed by atoms with Gasteiger partial charge in [-0.25, -0.2) is 9.59 Å². The van der Waals surface area contributed by atoms with E-state index < -0.39 is 11.9 Å². The average molecular weight is 369 g/mol. The molecule has 1 unspecified atom stereocenters.